The first kappa shape index (κ1) is 13.5. The molecule has 1 amide bonds. The second-order valence-electron chi connectivity index (χ2n) is 4.27. The molecule has 0 radical (unpaired) electrons. The van der Waals surface area contributed by atoms with Crippen molar-refractivity contribution in [2.24, 2.45) is 0 Å². The van der Waals surface area contributed by atoms with E-state index in [0.717, 1.165) is 15.6 Å². The first-order chi connectivity index (χ1) is 7.36. The highest BCUT2D eigenvalue weighted by atomic mass is 79.9. The highest BCUT2D eigenvalue weighted by Gasteiger charge is 2.24. The third-order valence-corrected chi connectivity index (χ3v) is 3.18. The third-order valence-electron chi connectivity index (χ3n) is 2.45. The van der Waals surface area contributed by atoms with Crippen molar-refractivity contribution in [3.05, 3.63) is 33.8 Å². The molecule has 4 heteroatoms. The molecule has 16 heavy (non-hydrogen) atoms. The van der Waals surface area contributed by atoms with Gasteiger partial charge in [0, 0.05) is 4.47 Å². The van der Waals surface area contributed by atoms with Crippen molar-refractivity contribution in [3.63, 3.8) is 0 Å². The van der Waals surface area contributed by atoms with E-state index in [2.05, 4.69) is 21.2 Å². The van der Waals surface area contributed by atoms with Crippen LogP contribution in [-0.4, -0.2) is 11.8 Å². The fraction of sp³-hybridized carbons (Fsp3) is 0.417. The summed E-state index contributed by atoms with van der Waals surface area (Å²) in [5, 5.41) is 2.90. The van der Waals surface area contributed by atoms with Crippen molar-refractivity contribution in [1.82, 2.24) is 5.32 Å². The predicted octanol–water partition coefficient (Wildman–Crippen LogP) is 3.35. The maximum Gasteiger partial charge on any atom is 0.235 e. The van der Waals surface area contributed by atoms with Gasteiger partial charge in [-0.3, -0.25) is 4.79 Å². The normalized spacial score (nSPS) is 11.3. The zero-order valence-electron chi connectivity index (χ0n) is 9.60. The van der Waals surface area contributed by atoms with Crippen molar-refractivity contribution in [2.45, 2.75) is 26.3 Å². The van der Waals surface area contributed by atoms with Crippen molar-refractivity contribution in [1.29, 1.82) is 0 Å². The Morgan fingerprint density at radius 3 is 2.69 bits per heavy atom. The number of nitrogens with one attached hydrogen (secondary N) is 1. The first-order valence-corrected chi connectivity index (χ1v) is 6.33. The smallest absolute Gasteiger partial charge is 0.235 e. The number of halogens is 2. The number of aryl methyl sites for hydroxylation is 1. The monoisotopic (exact) mass is 303 g/mol. The molecular weight excluding hydrogens is 289 g/mol. The standard InChI is InChI=1S/C12H15BrClNO/c1-8-4-5-9(13)6-10(8)12(2,3)15-11(16)7-14/h4-6H,7H2,1-3H3,(H,15,16). The number of benzene rings is 1. The molecule has 0 saturated carbocycles. The van der Waals surface area contributed by atoms with Crippen molar-refractivity contribution in [2.75, 3.05) is 5.88 Å². The number of hydrogen-bond acceptors (Lipinski definition) is 1. The summed E-state index contributed by atoms with van der Waals surface area (Å²) in [5.74, 6) is -0.178. The second kappa shape index (κ2) is 5.19. The van der Waals surface area contributed by atoms with Gasteiger partial charge in [0.1, 0.15) is 5.88 Å². The predicted molar refractivity (Wildman–Crippen MR) is 70.8 cm³/mol. The van der Waals surface area contributed by atoms with E-state index in [4.69, 9.17) is 11.6 Å². The molecule has 1 rings (SSSR count). The van der Waals surface area contributed by atoms with Crippen LogP contribution in [-0.2, 0) is 10.3 Å². The van der Waals surface area contributed by atoms with E-state index < -0.39 is 5.54 Å². The number of rotatable bonds is 3. The van der Waals surface area contributed by atoms with E-state index in [1.165, 1.54) is 0 Å². The van der Waals surface area contributed by atoms with Crippen LogP contribution in [0.25, 0.3) is 0 Å². The van der Waals surface area contributed by atoms with Gasteiger partial charge in [-0.25, -0.2) is 0 Å². The van der Waals surface area contributed by atoms with Gasteiger partial charge in [-0.15, -0.1) is 11.6 Å². The van der Waals surface area contributed by atoms with Gasteiger partial charge >= 0.3 is 0 Å². The van der Waals surface area contributed by atoms with Crippen LogP contribution < -0.4 is 5.32 Å². The van der Waals surface area contributed by atoms with Crippen LogP contribution in [0, 0.1) is 6.92 Å². The lowest BCUT2D eigenvalue weighted by atomic mass is 9.90. The van der Waals surface area contributed by atoms with Gasteiger partial charge in [-0.2, -0.15) is 0 Å². The van der Waals surface area contributed by atoms with Crippen LogP contribution in [0.4, 0.5) is 0 Å². The van der Waals surface area contributed by atoms with Gasteiger partial charge < -0.3 is 5.32 Å². The molecule has 0 aliphatic rings. The van der Waals surface area contributed by atoms with E-state index in [1.807, 2.05) is 39.0 Å². The summed E-state index contributed by atoms with van der Waals surface area (Å²) in [7, 11) is 0. The minimum atomic E-state index is -0.417. The average molecular weight is 305 g/mol. The maximum atomic E-state index is 11.3. The van der Waals surface area contributed by atoms with E-state index in [0.29, 0.717) is 0 Å². The molecule has 0 aliphatic heterocycles. The molecule has 0 unspecified atom stereocenters. The molecule has 0 heterocycles. The van der Waals surface area contributed by atoms with E-state index in [9.17, 15) is 4.79 Å². The van der Waals surface area contributed by atoms with Crippen LogP contribution in [0.2, 0.25) is 0 Å². The van der Waals surface area contributed by atoms with Crippen LogP contribution in [0.15, 0.2) is 22.7 Å². The zero-order valence-corrected chi connectivity index (χ0v) is 11.9. The Bertz CT molecular complexity index is 404. The minimum Gasteiger partial charge on any atom is -0.346 e. The molecule has 0 fully saturated rings. The summed E-state index contributed by atoms with van der Waals surface area (Å²) in [6.45, 7) is 5.95. The summed E-state index contributed by atoms with van der Waals surface area (Å²) in [6, 6.07) is 6.02. The summed E-state index contributed by atoms with van der Waals surface area (Å²) >= 11 is 8.93. The Kier molecular flexibility index (Phi) is 4.39. The molecule has 0 spiro atoms. The van der Waals surface area contributed by atoms with Crippen LogP contribution >= 0.6 is 27.5 Å². The molecule has 2 nitrogen and oxygen atoms in total. The molecule has 0 aromatic heterocycles. The minimum absolute atomic E-state index is 0.0174. The molecule has 0 aliphatic carbocycles. The van der Waals surface area contributed by atoms with Gasteiger partial charge in [0.15, 0.2) is 0 Å². The maximum absolute atomic E-state index is 11.3. The number of carbonyl (C=O) groups excluding carboxylic acids is 1. The zero-order chi connectivity index (χ0) is 12.3. The molecular formula is C12H15BrClNO. The van der Waals surface area contributed by atoms with E-state index >= 15 is 0 Å². The highest BCUT2D eigenvalue weighted by Crippen LogP contribution is 2.26. The molecule has 88 valence electrons. The fourth-order valence-corrected chi connectivity index (χ4v) is 2.14. The van der Waals surface area contributed by atoms with Crippen LogP contribution in [0.1, 0.15) is 25.0 Å². The third kappa shape index (κ3) is 3.22. The molecule has 0 atom stereocenters. The van der Waals surface area contributed by atoms with Gasteiger partial charge in [0.2, 0.25) is 5.91 Å². The van der Waals surface area contributed by atoms with Gasteiger partial charge in [-0.05, 0) is 44.0 Å². The van der Waals surface area contributed by atoms with Crippen molar-refractivity contribution < 1.29 is 4.79 Å². The Labute approximate surface area is 110 Å². The van der Waals surface area contributed by atoms with E-state index in [1.54, 1.807) is 0 Å². The van der Waals surface area contributed by atoms with Crippen LogP contribution in [0.5, 0.6) is 0 Å². The van der Waals surface area contributed by atoms with Crippen molar-refractivity contribution in [3.8, 4) is 0 Å². The summed E-state index contributed by atoms with van der Waals surface area (Å²) in [4.78, 5) is 11.3. The molecule has 1 aromatic rings. The lowest BCUT2D eigenvalue weighted by Crippen LogP contribution is -2.42. The largest absolute Gasteiger partial charge is 0.346 e. The quantitative estimate of drug-likeness (QED) is 0.853. The molecule has 0 saturated heterocycles. The average Bonchev–Trinajstić information content (AvgIpc) is 2.20. The number of alkyl halides is 1. The lowest BCUT2D eigenvalue weighted by molar-refractivity contribution is -0.120. The molecule has 1 N–H and O–H groups in total. The van der Waals surface area contributed by atoms with Crippen LogP contribution in [0.3, 0.4) is 0 Å². The Morgan fingerprint density at radius 2 is 2.12 bits per heavy atom. The molecule has 1 aromatic carbocycles. The number of carbonyl (C=O) groups is 1. The topological polar surface area (TPSA) is 29.1 Å². The fourth-order valence-electron chi connectivity index (χ4n) is 1.72. The van der Waals surface area contributed by atoms with Crippen molar-refractivity contribution >= 4 is 33.4 Å². The first-order valence-electron chi connectivity index (χ1n) is 5.00. The molecule has 0 bridgehead atoms. The SMILES string of the molecule is Cc1ccc(Br)cc1C(C)(C)NC(=O)CCl. The van der Waals surface area contributed by atoms with Gasteiger partial charge in [0.25, 0.3) is 0 Å². The summed E-state index contributed by atoms with van der Waals surface area (Å²) in [6.07, 6.45) is 0. The number of hydrogen-bond donors (Lipinski definition) is 1. The number of amides is 1. The van der Waals surface area contributed by atoms with Gasteiger partial charge in [-0.1, -0.05) is 22.0 Å². The second-order valence-corrected chi connectivity index (χ2v) is 5.45. The Hall–Kier alpha value is -0.540. The Morgan fingerprint density at radius 1 is 1.50 bits per heavy atom. The van der Waals surface area contributed by atoms with Gasteiger partial charge in [0.05, 0.1) is 5.54 Å². The lowest BCUT2D eigenvalue weighted by Gasteiger charge is -2.28. The highest BCUT2D eigenvalue weighted by molar-refractivity contribution is 9.10. The summed E-state index contributed by atoms with van der Waals surface area (Å²) < 4.78 is 1.00. The van der Waals surface area contributed by atoms with E-state index in [-0.39, 0.29) is 11.8 Å². The summed E-state index contributed by atoms with van der Waals surface area (Å²) in [5.41, 5.74) is 1.81. The Balaban J connectivity index is 3.05.